The van der Waals surface area contributed by atoms with Gasteiger partial charge in [0, 0.05) is 35.2 Å². The van der Waals surface area contributed by atoms with E-state index in [1.54, 1.807) is 24.3 Å². The number of aromatic nitrogens is 1. The minimum absolute atomic E-state index is 0.105. The van der Waals surface area contributed by atoms with Gasteiger partial charge in [0.2, 0.25) is 0 Å². The lowest BCUT2D eigenvalue weighted by atomic mass is 9.94. The van der Waals surface area contributed by atoms with E-state index in [4.69, 9.17) is 16.9 Å². The molecule has 3 aromatic rings. The molecule has 0 radical (unpaired) electrons. The third kappa shape index (κ3) is 5.33. The molecule has 164 valence electrons. The van der Waals surface area contributed by atoms with Gasteiger partial charge in [-0.25, -0.2) is 4.79 Å². The molecule has 1 aliphatic carbocycles. The van der Waals surface area contributed by atoms with Crippen molar-refractivity contribution < 1.29 is 4.79 Å². The van der Waals surface area contributed by atoms with E-state index in [-0.39, 0.29) is 12.1 Å². The molecule has 2 amide bonds. The molecule has 1 heterocycles. The van der Waals surface area contributed by atoms with E-state index in [1.165, 1.54) is 6.42 Å². The van der Waals surface area contributed by atoms with Crippen molar-refractivity contribution in [1.29, 1.82) is 5.26 Å². The van der Waals surface area contributed by atoms with E-state index < -0.39 is 0 Å². The van der Waals surface area contributed by atoms with Gasteiger partial charge in [-0.2, -0.15) is 5.26 Å². The standard InChI is InChI=1S/C26H27ClN4O/c27-25-11-5-4-7-21(25)18-30-16-6-10-24(30)19-31(23-8-2-1-3-9-23)26(32)29-22-14-12-20(17-28)13-15-22/h4-7,10-16,23H,1-3,8-9,18-19H2,(H,29,32). The Morgan fingerprint density at radius 3 is 2.53 bits per heavy atom. The number of urea groups is 1. The summed E-state index contributed by atoms with van der Waals surface area (Å²) in [5.41, 5.74) is 3.40. The molecule has 1 aliphatic rings. The number of hydrogen-bond donors (Lipinski definition) is 1. The van der Waals surface area contributed by atoms with Crippen molar-refractivity contribution in [1.82, 2.24) is 9.47 Å². The van der Waals surface area contributed by atoms with Gasteiger partial charge < -0.3 is 14.8 Å². The van der Waals surface area contributed by atoms with Gasteiger partial charge in [-0.1, -0.05) is 49.1 Å². The highest BCUT2D eigenvalue weighted by Gasteiger charge is 2.26. The summed E-state index contributed by atoms with van der Waals surface area (Å²) in [6.45, 7) is 1.20. The van der Waals surface area contributed by atoms with Gasteiger partial charge in [-0.3, -0.25) is 0 Å². The minimum Gasteiger partial charge on any atom is -0.345 e. The normalized spacial score (nSPS) is 14.0. The molecule has 0 unspecified atom stereocenters. The van der Waals surface area contributed by atoms with Crippen molar-refractivity contribution in [3.05, 3.63) is 88.7 Å². The second kappa shape index (κ2) is 10.4. The highest BCUT2D eigenvalue weighted by atomic mass is 35.5. The molecule has 0 atom stereocenters. The van der Waals surface area contributed by atoms with E-state index in [0.717, 1.165) is 42.0 Å². The zero-order chi connectivity index (χ0) is 22.3. The van der Waals surface area contributed by atoms with Crippen LogP contribution in [0.5, 0.6) is 0 Å². The average Bonchev–Trinajstić information content (AvgIpc) is 3.26. The molecule has 0 saturated heterocycles. The molecule has 1 N–H and O–H groups in total. The summed E-state index contributed by atoms with van der Waals surface area (Å²) in [6.07, 6.45) is 7.59. The Balaban J connectivity index is 1.53. The summed E-state index contributed by atoms with van der Waals surface area (Å²) in [5.74, 6) is 0. The minimum atomic E-state index is -0.105. The van der Waals surface area contributed by atoms with Crippen molar-refractivity contribution >= 4 is 23.3 Å². The number of rotatable bonds is 6. The van der Waals surface area contributed by atoms with Crippen LogP contribution in [0.4, 0.5) is 10.5 Å². The second-order valence-corrected chi connectivity index (χ2v) is 8.67. The van der Waals surface area contributed by atoms with Crippen molar-refractivity contribution in [3.63, 3.8) is 0 Å². The monoisotopic (exact) mass is 446 g/mol. The number of carbonyl (C=O) groups is 1. The Morgan fingerprint density at radius 1 is 1.06 bits per heavy atom. The molecule has 1 saturated carbocycles. The van der Waals surface area contributed by atoms with E-state index in [0.29, 0.717) is 24.3 Å². The van der Waals surface area contributed by atoms with Crippen LogP contribution in [0.15, 0.2) is 66.9 Å². The lowest BCUT2D eigenvalue weighted by Crippen LogP contribution is -2.43. The van der Waals surface area contributed by atoms with Gasteiger partial charge in [-0.15, -0.1) is 0 Å². The van der Waals surface area contributed by atoms with Gasteiger partial charge in [0.25, 0.3) is 0 Å². The van der Waals surface area contributed by atoms with Crippen molar-refractivity contribution in [3.8, 4) is 6.07 Å². The first kappa shape index (κ1) is 22.0. The zero-order valence-corrected chi connectivity index (χ0v) is 18.8. The van der Waals surface area contributed by atoms with Crippen LogP contribution in [-0.4, -0.2) is 21.5 Å². The molecular weight excluding hydrogens is 420 g/mol. The largest absolute Gasteiger partial charge is 0.345 e. The molecule has 1 aromatic heterocycles. The first-order valence-electron chi connectivity index (χ1n) is 11.1. The SMILES string of the molecule is N#Cc1ccc(NC(=O)N(Cc2cccn2Cc2ccccc2Cl)C2CCCCC2)cc1. The maximum absolute atomic E-state index is 13.3. The quantitative estimate of drug-likeness (QED) is 0.474. The molecular formula is C26H27ClN4O. The Labute approximate surface area is 194 Å². The highest BCUT2D eigenvalue weighted by Crippen LogP contribution is 2.26. The van der Waals surface area contributed by atoms with Crippen LogP contribution in [0.2, 0.25) is 5.02 Å². The van der Waals surface area contributed by atoms with Crippen LogP contribution in [0.25, 0.3) is 0 Å². The number of nitrogens with one attached hydrogen (secondary N) is 1. The van der Waals surface area contributed by atoms with Crippen LogP contribution in [0.1, 0.15) is 48.9 Å². The number of nitriles is 1. The summed E-state index contributed by atoms with van der Waals surface area (Å²) < 4.78 is 2.16. The maximum atomic E-state index is 13.3. The summed E-state index contributed by atoms with van der Waals surface area (Å²) >= 11 is 6.38. The number of carbonyl (C=O) groups excluding carboxylic acids is 1. The molecule has 32 heavy (non-hydrogen) atoms. The first-order chi connectivity index (χ1) is 15.6. The molecule has 4 rings (SSSR count). The lowest BCUT2D eigenvalue weighted by molar-refractivity contribution is 0.161. The number of benzene rings is 2. The molecule has 0 aliphatic heterocycles. The van der Waals surface area contributed by atoms with Gasteiger partial charge in [-0.05, 0) is 60.9 Å². The number of hydrogen-bond acceptors (Lipinski definition) is 2. The lowest BCUT2D eigenvalue weighted by Gasteiger charge is -2.34. The molecule has 0 spiro atoms. The van der Waals surface area contributed by atoms with Crippen LogP contribution >= 0.6 is 11.6 Å². The predicted molar refractivity (Wildman–Crippen MR) is 128 cm³/mol. The van der Waals surface area contributed by atoms with Crippen LogP contribution in [0, 0.1) is 11.3 Å². The first-order valence-corrected chi connectivity index (χ1v) is 11.5. The molecule has 2 aromatic carbocycles. The molecule has 5 nitrogen and oxygen atoms in total. The van der Waals surface area contributed by atoms with E-state index in [2.05, 4.69) is 22.0 Å². The van der Waals surface area contributed by atoms with Crippen LogP contribution < -0.4 is 5.32 Å². The smallest absolute Gasteiger partial charge is 0.322 e. The second-order valence-electron chi connectivity index (χ2n) is 8.26. The Morgan fingerprint density at radius 2 is 1.81 bits per heavy atom. The molecule has 0 bridgehead atoms. The van der Waals surface area contributed by atoms with Gasteiger partial charge >= 0.3 is 6.03 Å². The fourth-order valence-electron chi connectivity index (χ4n) is 4.31. The van der Waals surface area contributed by atoms with Gasteiger partial charge in [0.1, 0.15) is 0 Å². The van der Waals surface area contributed by atoms with Crippen molar-refractivity contribution in [2.75, 3.05) is 5.32 Å². The molecule has 6 heteroatoms. The third-order valence-electron chi connectivity index (χ3n) is 6.10. The summed E-state index contributed by atoms with van der Waals surface area (Å²) in [4.78, 5) is 15.3. The Bertz CT molecular complexity index is 1090. The van der Waals surface area contributed by atoms with Crippen LogP contribution in [-0.2, 0) is 13.1 Å². The zero-order valence-electron chi connectivity index (χ0n) is 18.0. The van der Waals surface area contributed by atoms with Crippen molar-refractivity contribution in [2.24, 2.45) is 0 Å². The summed E-state index contributed by atoms with van der Waals surface area (Å²) in [7, 11) is 0. The topological polar surface area (TPSA) is 61.1 Å². The number of halogens is 1. The average molecular weight is 447 g/mol. The van der Waals surface area contributed by atoms with Crippen molar-refractivity contribution in [2.45, 2.75) is 51.2 Å². The predicted octanol–water partition coefficient (Wildman–Crippen LogP) is 6.43. The number of nitrogens with zero attached hydrogens (tertiary/aromatic N) is 3. The Hall–Kier alpha value is -3.23. The third-order valence-corrected chi connectivity index (χ3v) is 6.46. The number of amides is 2. The van der Waals surface area contributed by atoms with Gasteiger partial charge in [0.15, 0.2) is 0 Å². The van der Waals surface area contributed by atoms with E-state index in [9.17, 15) is 4.79 Å². The highest BCUT2D eigenvalue weighted by molar-refractivity contribution is 6.31. The fourth-order valence-corrected chi connectivity index (χ4v) is 4.51. The summed E-state index contributed by atoms with van der Waals surface area (Å²) in [5, 5.41) is 12.8. The Kier molecular flexibility index (Phi) is 7.14. The number of anilines is 1. The summed E-state index contributed by atoms with van der Waals surface area (Å²) in [6, 6.07) is 21.1. The van der Waals surface area contributed by atoms with E-state index >= 15 is 0 Å². The maximum Gasteiger partial charge on any atom is 0.322 e. The molecule has 1 fully saturated rings. The van der Waals surface area contributed by atoms with Crippen LogP contribution in [0.3, 0.4) is 0 Å². The fraction of sp³-hybridized carbons (Fsp3) is 0.308. The van der Waals surface area contributed by atoms with Gasteiger partial charge in [0.05, 0.1) is 18.2 Å². The van der Waals surface area contributed by atoms with E-state index in [1.807, 2.05) is 41.4 Å².